The number of hydrogen-bond acceptors (Lipinski definition) is 3. The van der Waals surface area contributed by atoms with E-state index in [4.69, 9.17) is 9.47 Å². The van der Waals surface area contributed by atoms with Crippen molar-refractivity contribution < 1.29 is 14.6 Å². The van der Waals surface area contributed by atoms with Gasteiger partial charge in [-0.1, -0.05) is 38.1 Å². The Balaban J connectivity index is 1.65. The molecule has 0 aliphatic carbocycles. The highest BCUT2D eigenvalue weighted by Crippen LogP contribution is 2.35. The van der Waals surface area contributed by atoms with Crippen molar-refractivity contribution in [2.75, 3.05) is 6.61 Å². The first-order valence-corrected chi connectivity index (χ1v) is 7.30. The Morgan fingerprint density at radius 3 is 2.67 bits per heavy atom. The Hall–Kier alpha value is -2.00. The molecule has 1 atom stereocenters. The van der Waals surface area contributed by atoms with Crippen molar-refractivity contribution >= 4 is 0 Å². The van der Waals surface area contributed by atoms with E-state index in [1.165, 1.54) is 5.56 Å². The van der Waals surface area contributed by atoms with Crippen LogP contribution in [0.2, 0.25) is 0 Å². The summed E-state index contributed by atoms with van der Waals surface area (Å²) in [5.41, 5.74) is 3.31. The zero-order valence-corrected chi connectivity index (χ0v) is 12.4. The zero-order chi connectivity index (χ0) is 14.8. The molecule has 0 aromatic heterocycles. The first-order chi connectivity index (χ1) is 10.1. The van der Waals surface area contributed by atoms with E-state index in [1.54, 1.807) is 0 Å². The Bertz CT molecular complexity index is 617. The Morgan fingerprint density at radius 1 is 1.19 bits per heavy atom. The van der Waals surface area contributed by atoms with E-state index in [2.05, 4.69) is 38.1 Å². The summed E-state index contributed by atoms with van der Waals surface area (Å²) in [4.78, 5) is 0. The summed E-state index contributed by atoms with van der Waals surface area (Å²) in [6, 6.07) is 14.1. The average Bonchev–Trinajstić information content (AvgIpc) is 2.86. The summed E-state index contributed by atoms with van der Waals surface area (Å²) < 4.78 is 11.2. The summed E-state index contributed by atoms with van der Waals surface area (Å²) >= 11 is 0. The highest BCUT2D eigenvalue weighted by molar-refractivity contribution is 5.44. The number of aliphatic hydroxyl groups is 1. The van der Waals surface area contributed by atoms with Gasteiger partial charge >= 0.3 is 0 Å². The lowest BCUT2D eigenvalue weighted by Gasteiger charge is -2.10. The summed E-state index contributed by atoms with van der Waals surface area (Å²) in [5, 5.41) is 9.69. The monoisotopic (exact) mass is 284 g/mol. The first kappa shape index (κ1) is 14.0. The van der Waals surface area contributed by atoms with Gasteiger partial charge in [-0.2, -0.15) is 0 Å². The molecule has 1 unspecified atom stereocenters. The lowest BCUT2D eigenvalue weighted by Crippen LogP contribution is -1.97. The lowest BCUT2D eigenvalue weighted by molar-refractivity contribution is 0.140. The number of benzene rings is 2. The molecule has 0 fully saturated rings. The number of rotatable bonds is 4. The minimum atomic E-state index is -0.516. The van der Waals surface area contributed by atoms with Crippen molar-refractivity contribution in [1.29, 1.82) is 0 Å². The topological polar surface area (TPSA) is 38.7 Å². The van der Waals surface area contributed by atoms with Crippen LogP contribution in [0.25, 0.3) is 0 Å². The molecular weight excluding hydrogens is 264 g/mol. The molecule has 1 N–H and O–H groups in total. The van der Waals surface area contributed by atoms with Crippen LogP contribution in [0.4, 0.5) is 0 Å². The molecule has 0 spiro atoms. The first-order valence-electron chi connectivity index (χ1n) is 7.30. The van der Waals surface area contributed by atoms with Crippen molar-refractivity contribution in [1.82, 2.24) is 0 Å². The van der Waals surface area contributed by atoms with E-state index >= 15 is 0 Å². The molecule has 1 aliphatic heterocycles. The predicted octanol–water partition coefficient (Wildman–Crippen LogP) is 3.81. The minimum absolute atomic E-state index is 0.329. The van der Waals surface area contributed by atoms with E-state index in [0.717, 1.165) is 22.6 Å². The van der Waals surface area contributed by atoms with Crippen LogP contribution < -0.4 is 9.47 Å². The number of aliphatic hydroxyl groups excluding tert-OH is 1. The molecule has 21 heavy (non-hydrogen) atoms. The van der Waals surface area contributed by atoms with Gasteiger partial charge in [0.15, 0.2) is 0 Å². The number of hydrogen-bond donors (Lipinski definition) is 1. The van der Waals surface area contributed by atoms with Crippen LogP contribution in [0, 0.1) is 0 Å². The summed E-state index contributed by atoms with van der Waals surface area (Å²) in [5.74, 6) is 2.02. The predicted molar refractivity (Wildman–Crippen MR) is 81.8 cm³/mol. The molecule has 3 nitrogen and oxygen atoms in total. The third kappa shape index (κ3) is 3.03. The zero-order valence-electron chi connectivity index (χ0n) is 12.4. The SMILES string of the molecule is CC(C)c1ccc(COc2ccc3c(c2)OCC3O)cc1. The maximum absolute atomic E-state index is 9.69. The standard InChI is InChI=1S/C18H20O3/c1-12(2)14-5-3-13(4-6-14)10-20-15-7-8-16-17(19)11-21-18(16)9-15/h3-9,12,17,19H,10-11H2,1-2H3. The van der Waals surface area contributed by atoms with Crippen molar-refractivity contribution in [3.05, 3.63) is 59.2 Å². The normalized spacial score (nSPS) is 16.7. The van der Waals surface area contributed by atoms with Crippen LogP contribution in [0.1, 0.15) is 42.6 Å². The second-order valence-corrected chi connectivity index (χ2v) is 5.71. The Kier molecular flexibility index (Phi) is 3.84. The summed E-state index contributed by atoms with van der Waals surface area (Å²) in [6.07, 6.45) is -0.516. The fraction of sp³-hybridized carbons (Fsp3) is 0.333. The van der Waals surface area contributed by atoms with Crippen LogP contribution in [-0.4, -0.2) is 11.7 Å². The molecule has 3 heteroatoms. The molecule has 3 rings (SSSR count). The number of ether oxygens (including phenoxy) is 2. The fourth-order valence-electron chi connectivity index (χ4n) is 2.43. The molecule has 0 bridgehead atoms. The van der Waals surface area contributed by atoms with Gasteiger partial charge in [-0.05, 0) is 29.2 Å². The summed E-state index contributed by atoms with van der Waals surface area (Å²) in [6.45, 7) is 5.23. The molecule has 2 aromatic rings. The number of fused-ring (bicyclic) bond motifs is 1. The molecule has 1 heterocycles. The van der Waals surface area contributed by atoms with Gasteiger partial charge in [0.05, 0.1) is 0 Å². The Labute approximate surface area is 125 Å². The molecule has 0 radical (unpaired) electrons. The highest BCUT2D eigenvalue weighted by Gasteiger charge is 2.21. The lowest BCUT2D eigenvalue weighted by atomic mass is 10.0. The molecular formula is C18H20O3. The fourth-order valence-corrected chi connectivity index (χ4v) is 2.43. The van der Waals surface area contributed by atoms with Gasteiger partial charge in [-0.15, -0.1) is 0 Å². The molecule has 110 valence electrons. The van der Waals surface area contributed by atoms with Gasteiger partial charge in [0.2, 0.25) is 0 Å². The van der Waals surface area contributed by atoms with E-state index in [1.807, 2.05) is 18.2 Å². The summed E-state index contributed by atoms with van der Waals surface area (Å²) in [7, 11) is 0. The highest BCUT2D eigenvalue weighted by atomic mass is 16.5. The third-order valence-electron chi connectivity index (χ3n) is 3.79. The van der Waals surface area contributed by atoms with Crippen LogP contribution in [0.3, 0.4) is 0 Å². The molecule has 1 aliphatic rings. The smallest absolute Gasteiger partial charge is 0.129 e. The van der Waals surface area contributed by atoms with Crippen molar-refractivity contribution in [2.45, 2.75) is 32.5 Å². The van der Waals surface area contributed by atoms with Gasteiger partial charge in [-0.25, -0.2) is 0 Å². The molecule has 0 saturated carbocycles. The maximum atomic E-state index is 9.69. The van der Waals surface area contributed by atoms with Crippen molar-refractivity contribution in [3.63, 3.8) is 0 Å². The van der Waals surface area contributed by atoms with Gasteiger partial charge in [0, 0.05) is 11.6 Å². The second kappa shape index (κ2) is 5.78. The van der Waals surface area contributed by atoms with Crippen LogP contribution >= 0.6 is 0 Å². The third-order valence-corrected chi connectivity index (χ3v) is 3.79. The minimum Gasteiger partial charge on any atom is -0.490 e. The quantitative estimate of drug-likeness (QED) is 0.927. The van der Waals surface area contributed by atoms with E-state index in [0.29, 0.717) is 19.1 Å². The maximum Gasteiger partial charge on any atom is 0.129 e. The van der Waals surface area contributed by atoms with Gasteiger partial charge in [0.25, 0.3) is 0 Å². The van der Waals surface area contributed by atoms with E-state index in [-0.39, 0.29) is 0 Å². The molecule has 0 saturated heterocycles. The van der Waals surface area contributed by atoms with Gasteiger partial charge in [-0.3, -0.25) is 0 Å². The molecule has 2 aromatic carbocycles. The van der Waals surface area contributed by atoms with Crippen LogP contribution in [-0.2, 0) is 6.61 Å². The van der Waals surface area contributed by atoms with Crippen LogP contribution in [0.5, 0.6) is 11.5 Å². The van der Waals surface area contributed by atoms with E-state index in [9.17, 15) is 5.11 Å². The largest absolute Gasteiger partial charge is 0.490 e. The Morgan fingerprint density at radius 2 is 1.95 bits per heavy atom. The van der Waals surface area contributed by atoms with Crippen molar-refractivity contribution in [2.24, 2.45) is 0 Å². The average molecular weight is 284 g/mol. The van der Waals surface area contributed by atoms with E-state index < -0.39 is 6.10 Å². The van der Waals surface area contributed by atoms with Crippen molar-refractivity contribution in [3.8, 4) is 11.5 Å². The van der Waals surface area contributed by atoms with Gasteiger partial charge in [0.1, 0.15) is 30.8 Å². The van der Waals surface area contributed by atoms with Crippen LogP contribution in [0.15, 0.2) is 42.5 Å². The molecule has 0 amide bonds. The van der Waals surface area contributed by atoms with Gasteiger partial charge < -0.3 is 14.6 Å². The second-order valence-electron chi connectivity index (χ2n) is 5.71.